The van der Waals surface area contributed by atoms with Crippen molar-refractivity contribution in [2.75, 3.05) is 5.32 Å². The molecule has 1 N–H and O–H groups in total. The van der Waals surface area contributed by atoms with E-state index >= 15 is 0 Å². The molecule has 0 radical (unpaired) electrons. The molecule has 0 atom stereocenters. The molecule has 0 aliphatic carbocycles. The van der Waals surface area contributed by atoms with Crippen molar-refractivity contribution in [1.29, 1.82) is 0 Å². The highest BCUT2D eigenvalue weighted by molar-refractivity contribution is 6.37. The molecular formula is C21H17Cl4NO. The molecule has 0 saturated carbocycles. The summed E-state index contributed by atoms with van der Waals surface area (Å²) in [6, 6.07) is 17.0. The van der Waals surface area contributed by atoms with Gasteiger partial charge in [0.15, 0.2) is 5.75 Å². The van der Waals surface area contributed by atoms with Crippen LogP contribution in [0.15, 0.2) is 54.6 Å². The van der Waals surface area contributed by atoms with E-state index in [0.717, 1.165) is 27.4 Å². The molecule has 140 valence electrons. The van der Waals surface area contributed by atoms with E-state index in [0.29, 0.717) is 34.0 Å². The highest BCUT2D eigenvalue weighted by atomic mass is 35.5. The first-order valence-electron chi connectivity index (χ1n) is 8.27. The molecule has 0 bridgehead atoms. The van der Waals surface area contributed by atoms with Crippen molar-refractivity contribution in [2.45, 2.75) is 20.1 Å². The molecular weight excluding hydrogens is 424 g/mol. The van der Waals surface area contributed by atoms with Gasteiger partial charge in [-0.1, -0.05) is 64.6 Å². The lowest BCUT2D eigenvalue weighted by Gasteiger charge is -2.13. The Balaban J connectivity index is 1.66. The molecule has 6 heteroatoms. The van der Waals surface area contributed by atoms with Gasteiger partial charge in [-0.15, -0.1) is 0 Å². The van der Waals surface area contributed by atoms with Gasteiger partial charge in [-0.05, 0) is 60.0 Å². The van der Waals surface area contributed by atoms with Crippen molar-refractivity contribution in [3.8, 4) is 5.75 Å². The van der Waals surface area contributed by atoms with E-state index < -0.39 is 0 Å². The minimum atomic E-state index is 0.357. The molecule has 0 aromatic heterocycles. The largest absolute Gasteiger partial charge is 0.486 e. The van der Waals surface area contributed by atoms with Gasteiger partial charge in [-0.25, -0.2) is 0 Å². The summed E-state index contributed by atoms with van der Waals surface area (Å²) in [4.78, 5) is 0. The van der Waals surface area contributed by atoms with Gasteiger partial charge in [-0.2, -0.15) is 0 Å². The zero-order valence-electron chi connectivity index (χ0n) is 14.5. The van der Waals surface area contributed by atoms with Crippen LogP contribution in [0, 0.1) is 6.92 Å². The third kappa shape index (κ3) is 5.46. The molecule has 3 rings (SSSR count). The van der Waals surface area contributed by atoms with E-state index in [4.69, 9.17) is 51.1 Å². The second kappa shape index (κ2) is 9.07. The van der Waals surface area contributed by atoms with Crippen molar-refractivity contribution in [1.82, 2.24) is 0 Å². The van der Waals surface area contributed by atoms with Crippen LogP contribution in [0.5, 0.6) is 5.75 Å². The second-order valence-corrected chi connectivity index (χ2v) is 7.78. The first kappa shape index (κ1) is 20.2. The third-order valence-corrected chi connectivity index (χ3v) is 5.24. The van der Waals surface area contributed by atoms with Crippen molar-refractivity contribution in [3.05, 3.63) is 91.4 Å². The highest BCUT2D eigenvalue weighted by Crippen LogP contribution is 2.35. The van der Waals surface area contributed by atoms with Crippen molar-refractivity contribution in [3.63, 3.8) is 0 Å². The summed E-state index contributed by atoms with van der Waals surface area (Å²) in [5.41, 5.74) is 3.89. The van der Waals surface area contributed by atoms with Gasteiger partial charge in [0.05, 0.1) is 10.0 Å². The lowest BCUT2D eigenvalue weighted by atomic mass is 10.2. The Morgan fingerprint density at radius 1 is 0.778 bits per heavy atom. The van der Waals surface area contributed by atoms with Gasteiger partial charge < -0.3 is 10.1 Å². The van der Waals surface area contributed by atoms with E-state index in [1.165, 1.54) is 0 Å². The second-order valence-electron chi connectivity index (χ2n) is 6.12. The molecule has 0 amide bonds. The predicted molar refractivity (Wildman–Crippen MR) is 116 cm³/mol. The minimum absolute atomic E-state index is 0.357. The molecule has 27 heavy (non-hydrogen) atoms. The Morgan fingerprint density at radius 3 is 2.07 bits per heavy atom. The summed E-state index contributed by atoms with van der Waals surface area (Å²) in [6.07, 6.45) is 0. The maximum atomic E-state index is 6.37. The predicted octanol–water partition coefficient (Wildman–Crippen LogP) is 7.80. The van der Waals surface area contributed by atoms with Gasteiger partial charge >= 0.3 is 0 Å². The molecule has 0 aliphatic rings. The van der Waals surface area contributed by atoms with Crippen molar-refractivity contribution >= 4 is 52.1 Å². The maximum Gasteiger partial charge on any atom is 0.156 e. The Kier molecular flexibility index (Phi) is 6.78. The maximum absolute atomic E-state index is 6.37. The molecule has 0 saturated heterocycles. The van der Waals surface area contributed by atoms with Gasteiger partial charge in [0.1, 0.15) is 6.61 Å². The zero-order chi connectivity index (χ0) is 19.4. The number of aryl methyl sites for hydroxylation is 1. The van der Waals surface area contributed by atoms with E-state index in [2.05, 4.69) is 5.32 Å². The third-order valence-electron chi connectivity index (χ3n) is 4.02. The Hall–Kier alpha value is -1.58. The number of nitrogens with one attached hydrogen (secondary N) is 1. The quantitative estimate of drug-likeness (QED) is 0.422. The summed E-state index contributed by atoms with van der Waals surface area (Å²) in [5.74, 6) is 0.468. The molecule has 2 nitrogen and oxygen atoms in total. The van der Waals surface area contributed by atoms with Gasteiger partial charge in [0.2, 0.25) is 0 Å². The summed E-state index contributed by atoms with van der Waals surface area (Å²) in [6.45, 7) is 2.89. The van der Waals surface area contributed by atoms with Crippen LogP contribution >= 0.6 is 46.4 Å². The topological polar surface area (TPSA) is 21.3 Å². The Bertz CT molecular complexity index is 918. The zero-order valence-corrected chi connectivity index (χ0v) is 17.6. The average molecular weight is 441 g/mol. The fraction of sp³-hybridized carbons (Fsp3) is 0.143. The monoisotopic (exact) mass is 439 g/mol. The minimum Gasteiger partial charge on any atom is -0.486 e. The van der Waals surface area contributed by atoms with Crippen molar-refractivity contribution < 1.29 is 4.74 Å². The summed E-state index contributed by atoms with van der Waals surface area (Å²) >= 11 is 24.8. The molecule has 0 unspecified atom stereocenters. The fourth-order valence-corrected chi connectivity index (χ4v) is 3.44. The first-order chi connectivity index (χ1) is 12.9. The number of halogens is 4. The van der Waals surface area contributed by atoms with E-state index in [1.807, 2.05) is 61.5 Å². The smallest absolute Gasteiger partial charge is 0.156 e. The lowest BCUT2D eigenvalue weighted by Crippen LogP contribution is -2.01. The number of benzene rings is 3. The standard InChI is InChI=1S/C21H17Cl4NO/c1-13-2-7-17(10-18(13)23)26-11-15-8-19(24)21(20(25)9-15)27-12-14-3-5-16(22)6-4-14/h2-10,26H,11-12H2,1H3. The van der Waals surface area contributed by atoms with Gasteiger partial charge in [-0.3, -0.25) is 0 Å². The summed E-state index contributed by atoms with van der Waals surface area (Å²) in [5, 5.41) is 5.65. The summed E-state index contributed by atoms with van der Waals surface area (Å²) < 4.78 is 5.80. The molecule has 0 spiro atoms. The van der Waals surface area contributed by atoms with Crippen LogP contribution in [0.3, 0.4) is 0 Å². The highest BCUT2D eigenvalue weighted by Gasteiger charge is 2.10. The Morgan fingerprint density at radius 2 is 1.44 bits per heavy atom. The van der Waals surface area contributed by atoms with Crippen LogP contribution in [0.4, 0.5) is 5.69 Å². The van der Waals surface area contributed by atoms with E-state index in [1.54, 1.807) is 0 Å². The normalized spacial score (nSPS) is 10.7. The van der Waals surface area contributed by atoms with Crippen LogP contribution in [-0.2, 0) is 13.2 Å². The lowest BCUT2D eigenvalue weighted by molar-refractivity contribution is 0.306. The van der Waals surface area contributed by atoms with Crippen LogP contribution in [-0.4, -0.2) is 0 Å². The van der Waals surface area contributed by atoms with Crippen LogP contribution < -0.4 is 10.1 Å². The van der Waals surface area contributed by atoms with E-state index in [9.17, 15) is 0 Å². The number of hydrogen-bond donors (Lipinski definition) is 1. The van der Waals surface area contributed by atoms with Crippen LogP contribution in [0.2, 0.25) is 20.1 Å². The van der Waals surface area contributed by atoms with Gasteiger partial charge in [0, 0.05) is 22.3 Å². The molecule has 0 heterocycles. The van der Waals surface area contributed by atoms with Crippen molar-refractivity contribution in [2.24, 2.45) is 0 Å². The van der Waals surface area contributed by atoms with Gasteiger partial charge in [0.25, 0.3) is 0 Å². The fourth-order valence-electron chi connectivity index (χ4n) is 2.50. The SMILES string of the molecule is Cc1ccc(NCc2cc(Cl)c(OCc3ccc(Cl)cc3)c(Cl)c2)cc1Cl. The number of ether oxygens (including phenoxy) is 1. The number of hydrogen-bond acceptors (Lipinski definition) is 2. The Labute approximate surface area is 179 Å². The molecule has 0 aliphatic heterocycles. The van der Waals surface area contributed by atoms with Crippen LogP contribution in [0.1, 0.15) is 16.7 Å². The van der Waals surface area contributed by atoms with E-state index in [-0.39, 0.29) is 0 Å². The molecule has 3 aromatic rings. The number of rotatable bonds is 6. The molecule has 3 aromatic carbocycles. The first-order valence-corrected chi connectivity index (χ1v) is 9.79. The average Bonchev–Trinajstić information content (AvgIpc) is 2.63. The number of anilines is 1. The summed E-state index contributed by atoms with van der Waals surface area (Å²) in [7, 11) is 0. The van der Waals surface area contributed by atoms with Crippen LogP contribution in [0.25, 0.3) is 0 Å². The molecule has 0 fully saturated rings.